The molecule has 0 spiro atoms. The van der Waals surface area contributed by atoms with Crippen LogP contribution >= 0.6 is 0 Å². The maximum absolute atomic E-state index is 13.5. The second-order valence-corrected chi connectivity index (χ2v) is 9.98. The van der Waals surface area contributed by atoms with E-state index < -0.39 is 15.7 Å². The number of benzene rings is 3. The zero-order valence-electron chi connectivity index (χ0n) is 19.0. The number of nitrogens with two attached hydrogens (primary N) is 1. The Kier molecular flexibility index (Phi) is 6.43. The van der Waals surface area contributed by atoms with Gasteiger partial charge in [0.1, 0.15) is 0 Å². The lowest BCUT2D eigenvalue weighted by Gasteiger charge is -2.27. The van der Waals surface area contributed by atoms with Crippen molar-refractivity contribution in [2.45, 2.75) is 18.4 Å². The minimum absolute atomic E-state index is 0.101. The molecule has 1 heterocycles. The zero-order valence-corrected chi connectivity index (χ0v) is 19.9. The molecule has 9 heteroatoms. The Bertz CT molecular complexity index is 1460. The molecule has 3 aromatic carbocycles. The molecule has 1 aliphatic rings. The molecule has 0 aromatic heterocycles. The smallest absolute Gasteiger partial charge is 0.266 e. The minimum atomic E-state index is -4.01. The van der Waals surface area contributed by atoms with Gasteiger partial charge >= 0.3 is 0 Å². The second kappa shape index (κ2) is 9.33. The summed E-state index contributed by atoms with van der Waals surface area (Å²) in [6, 6.07) is 24.0. The summed E-state index contributed by atoms with van der Waals surface area (Å²) in [5, 5.41) is 9.26. The molecule has 4 rings (SSSR count). The van der Waals surface area contributed by atoms with Gasteiger partial charge in [0.2, 0.25) is 0 Å². The average molecular weight is 489 g/mol. The molecule has 0 aliphatic carbocycles. The summed E-state index contributed by atoms with van der Waals surface area (Å²) in [6.45, 7) is 0. The third-order valence-corrected chi connectivity index (χ3v) is 6.89. The number of hydrogen-bond acceptors (Lipinski definition) is 6. The van der Waals surface area contributed by atoms with Gasteiger partial charge in [-0.3, -0.25) is 14.2 Å². The zero-order chi connectivity index (χ0) is 25.2. The van der Waals surface area contributed by atoms with Crippen LogP contribution in [0.15, 0.2) is 77.8 Å². The third kappa shape index (κ3) is 4.80. The van der Waals surface area contributed by atoms with E-state index in [1.807, 2.05) is 48.5 Å². The normalized spacial score (nSPS) is 17.8. The molecule has 3 aromatic rings. The number of rotatable bonds is 7. The fraction of sp³-hybridized carbons (Fsp3) is 0.192. The SMILES string of the molecule is CN1C(=O)C(c2ccc(CCCS(=O)(=O)O)cc2)(c2cccc(-c3cccc(C#N)c3)c2)N=C1N. The minimum Gasteiger partial charge on any atom is -0.369 e. The molecule has 0 bridgehead atoms. The van der Waals surface area contributed by atoms with E-state index in [4.69, 9.17) is 10.3 Å². The number of nitrogens with zero attached hydrogens (tertiary/aromatic N) is 3. The van der Waals surface area contributed by atoms with E-state index in [9.17, 15) is 18.5 Å². The summed E-state index contributed by atoms with van der Waals surface area (Å²) in [7, 11) is -2.44. The van der Waals surface area contributed by atoms with Crippen LogP contribution in [0.1, 0.15) is 28.7 Å². The van der Waals surface area contributed by atoms with E-state index in [1.165, 1.54) is 4.90 Å². The summed E-state index contributed by atoms with van der Waals surface area (Å²) >= 11 is 0. The Hall–Kier alpha value is -4.00. The predicted octanol–water partition coefficient (Wildman–Crippen LogP) is 3.08. The van der Waals surface area contributed by atoms with Crippen LogP contribution in [0.3, 0.4) is 0 Å². The Morgan fingerprint density at radius 1 is 1.03 bits per heavy atom. The van der Waals surface area contributed by atoms with Crippen molar-refractivity contribution in [1.29, 1.82) is 5.26 Å². The highest BCUT2D eigenvalue weighted by atomic mass is 32.2. The first kappa shape index (κ1) is 24.1. The summed E-state index contributed by atoms with van der Waals surface area (Å²) in [5.41, 5.74) is 9.02. The van der Waals surface area contributed by atoms with E-state index in [0.717, 1.165) is 16.7 Å². The van der Waals surface area contributed by atoms with Gasteiger partial charge in [0.05, 0.1) is 17.4 Å². The molecule has 1 unspecified atom stereocenters. The highest BCUT2D eigenvalue weighted by molar-refractivity contribution is 7.85. The molecule has 8 nitrogen and oxygen atoms in total. The fourth-order valence-corrected chi connectivity index (χ4v) is 4.76. The Morgan fingerprint density at radius 3 is 2.29 bits per heavy atom. The van der Waals surface area contributed by atoms with Crippen LogP contribution in [0, 0.1) is 11.3 Å². The number of likely N-dealkylation sites (N-methyl/N-ethyl adjacent to an activating group) is 1. The number of amides is 1. The monoisotopic (exact) mass is 488 g/mol. The van der Waals surface area contributed by atoms with Gasteiger partial charge in [-0.1, -0.05) is 54.6 Å². The molecule has 3 N–H and O–H groups in total. The summed E-state index contributed by atoms with van der Waals surface area (Å²) < 4.78 is 30.9. The molecule has 35 heavy (non-hydrogen) atoms. The summed E-state index contributed by atoms with van der Waals surface area (Å²) in [4.78, 5) is 19.5. The van der Waals surface area contributed by atoms with Crippen LogP contribution in [0.4, 0.5) is 0 Å². The molecular formula is C26H24N4O4S. The first-order valence-electron chi connectivity index (χ1n) is 10.9. The predicted molar refractivity (Wildman–Crippen MR) is 133 cm³/mol. The van der Waals surface area contributed by atoms with Crippen molar-refractivity contribution in [1.82, 2.24) is 4.90 Å². The van der Waals surface area contributed by atoms with Crippen LogP contribution in [0.5, 0.6) is 0 Å². The lowest BCUT2D eigenvalue weighted by molar-refractivity contribution is -0.129. The van der Waals surface area contributed by atoms with E-state index in [1.54, 1.807) is 31.3 Å². The Morgan fingerprint density at radius 2 is 1.69 bits per heavy atom. The van der Waals surface area contributed by atoms with Crippen molar-refractivity contribution in [2.75, 3.05) is 12.8 Å². The maximum atomic E-state index is 13.5. The second-order valence-electron chi connectivity index (χ2n) is 8.40. The number of nitriles is 1. The van der Waals surface area contributed by atoms with E-state index in [0.29, 0.717) is 23.1 Å². The van der Waals surface area contributed by atoms with Crippen molar-refractivity contribution in [3.8, 4) is 17.2 Å². The number of hydrogen-bond donors (Lipinski definition) is 2. The van der Waals surface area contributed by atoms with E-state index in [2.05, 4.69) is 11.1 Å². The van der Waals surface area contributed by atoms with Crippen LogP contribution in [-0.2, 0) is 26.9 Å². The van der Waals surface area contributed by atoms with Gasteiger partial charge in [-0.25, -0.2) is 4.99 Å². The van der Waals surface area contributed by atoms with Gasteiger partial charge in [-0.2, -0.15) is 13.7 Å². The molecule has 1 amide bonds. The van der Waals surface area contributed by atoms with Gasteiger partial charge in [-0.15, -0.1) is 0 Å². The molecule has 1 aliphatic heterocycles. The molecule has 0 fully saturated rings. The van der Waals surface area contributed by atoms with Gasteiger partial charge in [0.15, 0.2) is 11.5 Å². The molecule has 0 saturated heterocycles. The number of carbonyl (C=O) groups is 1. The summed E-state index contributed by atoms with van der Waals surface area (Å²) in [6.07, 6.45) is 0.733. The van der Waals surface area contributed by atoms with Crippen molar-refractivity contribution in [3.05, 3.63) is 95.1 Å². The Balaban J connectivity index is 1.76. The van der Waals surface area contributed by atoms with Gasteiger partial charge < -0.3 is 5.73 Å². The third-order valence-electron chi connectivity index (χ3n) is 6.08. The van der Waals surface area contributed by atoms with Crippen LogP contribution in [0.2, 0.25) is 0 Å². The highest BCUT2D eigenvalue weighted by Crippen LogP contribution is 2.40. The molecular weight excluding hydrogens is 464 g/mol. The lowest BCUT2D eigenvalue weighted by atomic mass is 9.81. The van der Waals surface area contributed by atoms with Crippen LogP contribution in [-0.4, -0.2) is 42.5 Å². The standard InChI is InChI=1S/C26H24N4O4S/c1-30-24(31)26(29-25(30)28,22-12-10-18(11-13-22)6-4-14-35(32,33)34)23-9-3-8-21(16-23)20-7-2-5-19(15-20)17-27/h2-3,5,7-13,15-16H,4,6,14H2,1H3,(H2,28,29)(H,32,33,34). The average Bonchev–Trinajstić information content (AvgIpc) is 3.08. The van der Waals surface area contributed by atoms with Crippen molar-refractivity contribution >= 4 is 22.0 Å². The fourth-order valence-electron chi connectivity index (χ4n) is 4.25. The number of carbonyl (C=O) groups excluding carboxylic acids is 1. The highest BCUT2D eigenvalue weighted by Gasteiger charge is 2.49. The number of aryl methyl sites for hydroxylation is 1. The number of guanidine groups is 1. The van der Waals surface area contributed by atoms with Crippen molar-refractivity contribution in [2.24, 2.45) is 10.7 Å². The molecule has 0 saturated carbocycles. The number of aliphatic imine (C=N–C) groups is 1. The van der Waals surface area contributed by atoms with E-state index in [-0.39, 0.29) is 24.0 Å². The maximum Gasteiger partial charge on any atom is 0.266 e. The molecule has 1 atom stereocenters. The van der Waals surface area contributed by atoms with E-state index >= 15 is 0 Å². The quantitative estimate of drug-likeness (QED) is 0.491. The molecule has 178 valence electrons. The van der Waals surface area contributed by atoms with Crippen LogP contribution in [0.25, 0.3) is 11.1 Å². The van der Waals surface area contributed by atoms with Gasteiger partial charge in [0.25, 0.3) is 16.0 Å². The largest absolute Gasteiger partial charge is 0.369 e. The first-order valence-corrected chi connectivity index (χ1v) is 12.5. The van der Waals surface area contributed by atoms with Crippen LogP contribution < -0.4 is 5.73 Å². The topological polar surface area (TPSA) is 137 Å². The summed E-state index contributed by atoms with van der Waals surface area (Å²) in [5.74, 6) is -0.510. The first-order chi connectivity index (χ1) is 16.6. The van der Waals surface area contributed by atoms with Gasteiger partial charge in [0, 0.05) is 7.05 Å². The Labute approximate surface area is 204 Å². The van der Waals surface area contributed by atoms with Gasteiger partial charge in [-0.05, 0) is 58.9 Å². The molecule has 0 radical (unpaired) electrons. The van der Waals surface area contributed by atoms with Crippen molar-refractivity contribution < 1.29 is 17.8 Å². The van der Waals surface area contributed by atoms with Crippen molar-refractivity contribution in [3.63, 3.8) is 0 Å². The lowest BCUT2D eigenvalue weighted by Crippen LogP contribution is -2.41.